The zero-order chi connectivity index (χ0) is 11.7. The fourth-order valence-electron chi connectivity index (χ4n) is 2.18. The van der Waals surface area contributed by atoms with Crippen LogP contribution < -0.4 is 5.32 Å². The van der Waals surface area contributed by atoms with Crippen LogP contribution in [0.15, 0.2) is 30.3 Å². The predicted molar refractivity (Wildman–Crippen MR) is 69.2 cm³/mol. The van der Waals surface area contributed by atoms with Gasteiger partial charge in [0, 0.05) is 12.5 Å². The highest BCUT2D eigenvalue weighted by Gasteiger charge is 2.41. The van der Waals surface area contributed by atoms with E-state index in [4.69, 9.17) is 0 Å². The Morgan fingerprint density at radius 1 is 1.24 bits per heavy atom. The number of hydrogen-bond donors (Lipinski definition) is 1. The maximum absolute atomic E-state index is 4.30. The Labute approximate surface area is 105 Å². The molecule has 1 saturated carbocycles. The van der Waals surface area contributed by atoms with Gasteiger partial charge in [-0.2, -0.15) is 0 Å². The predicted octanol–water partition coefficient (Wildman–Crippen LogP) is 2.53. The summed E-state index contributed by atoms with van der Waals surface area (Å²) in [7, 11) is 1.94. The molecule has 88 valence electrons. The van der Waals surface area contributed by atoms with Gasteiger partial charge in [-0.1, -0.05) is 41.7 Å². The van der Waals surface area contributed by atoms with Crippen molar-refractivity contribution in [2.45, 2.75) is 24.8 Å². The zero-order valence-corrected chi connectivity index (χ0v) is 10.6. The average molecular weight is 245 g/mol. The molecule has 0 saturated heterocycles. The van der Waals surface area contributed by atoms with Crippen molar-refractivity contribution < 1.29 is 0 Å². The number of rotatable bonds is 4. The van der Waals surface area contributed by atoms with Crippen molar-refractivity contribution >= 4 is 11.3 Å². The number of aromatic nitrogens is 2. The lowest BCUT2D eigenvalue weighted by Crippen LogP contribution is -2.04. The number of nitrogens with one attached hydrogen (secondary N) is 1. The Bertz CT molecular complexity index is 494. The number of benzene rings is 1. The summed E-state index contributed by atoms with van der Waals surface area (Å²) in [4.78, 5) is 0. The Kier molecular flexibility index (Phi) is 2.91. The summed E-state index contributed by atoms with van der Waals surface area (Å²) in [5, 5.41) is 13.9. The van der Waals surface area contributed by atoms with Crippen LogP contribution in [0.1, 0.15) is 33.8 Å². The molecule has 17 heavy (non-hydrogen) atoms. The highest BCUT2D eigenvalue weighted by atomic mass is 32.1. The molecular weight excluding hydrogens is 230 g/mol. The van der Waals surface area contributed by atoms with E-state index in [2.05, 4.69) is 45.8 Å². The van der Waals surface area contributed by atoms with Gasteiger partial charge in [-0.25, -0.2) is 0 Å². The van der Waals surface area contributed by atoms with Crippen LogP contribution in [0.5, 0.6) is 0 Å². The van der Waals surface area contributed by atoms with Gasteiger partial charge in [-0.3, -0.25) is 0 Å². The van der Waals surface area contributed by atoms with E-state index in [1.165, 1.54) is 17.0 Å². The molecule has 0 radical (unpaired) electrons. The summed E-state index contributed by atoms with van der Waals surface area (Å²) in [6.45, 7) is 0.820. The van der Waals surface area contributed by atoms with Gasteiger partial charge in [0.2, 0.25) is 0 Å². The lowest BCUT2D eigenvalue weighted by atomic mass is 10.1. The van der Waals surface area contributed by atoms with Crippen LogP contribution in [0, 0.1) is 0 Å². The highest BCUT2D eigenvalue weighted by Crippen LogP contribution is 2.55. The van der Waals surface area contributed by atoms with Gasteiger partial charge in [0.15, 0.2) is 0 Å². The van der Waals surface area contributed by atoms with Crippen LogP contribution in [-0.2, 0) is 6.54 Å². The van der Waals surface area contributed by atoms with Crippen LogP contribution >= 0.6 is 11.3 Å². The third-order valence-electron chi connectivity index (χ3n) is 3.15. The standard InChI is InChI=1S/C13H15N3S/c1-14-8-12-15-16-13(17-12)11-7-10(11)9-5-3-2-4-6-9/h2-6,10-11,14H,7-8H2,1H3. The lowest BCUT2D eigenvalue weighted by molar-refractivity contribution is 0.790. The third kappa shape index (κ3) is 2.23. The van der Waals surface area contributed by atoms with E-state index in [0.29, 0.717) is 11.8 Å². The number of hydrogen-bond acceptors (Lipinski definition) is 4. The molecule has 1 aliphatic carbocycles. The summed E-state index contributed by atoms with van der Waals surface area (Å²) in [6.07, 6.45) is 1.22. The van der Waals surface area contributed by atoms with Crippen molar-refractivity contribution in [1.29, 1.82) is 0 Å². The molecule has 1 N–H and O–H groups in total. The minimum absolute atomic E-state index is 0.598. The fourth-order valence-corrected chi connectivity index (χ4v) is 3.21. The highest BCUT2D eigenvalue weighted by molar-refractivity contribution is 7.11. The van der Waals surface area contributed by atoms with Gasteiger partial charge in [0.05, 0.1) is 0 Å². The first-order chi connectivity index (χ1) is 8.38. The Hall–Kier alpha value is -1.26. The van der Waals surface area contributed by atoms with E-state index < -0.39 is 0 Å². The first-order valence-corrected chi connectivity index (χ1v) is 6.72. The minimum atomic E-state index is 0.598. The van der Waals surface area contributed by atoms with Crippen LogP contribution in [0.2, 0.25) is 0 Å². The average Bonchev–Trinajstić information content (AvgIpc) is 3.04. The van der Waals surface area contributed by atoms with Gasteiger partial charge < -0.3 is 5.32 Å². The van der Waals surface area contributed by atoms with Crippen molar-refractivity contribution in [2.24, 2.45) is 0 Å². The van der Waals surface area contributed by atoms with E-state index in [1.54, 1.807) is 11.3 Å². The summed E-state index contributed by atoms with van der Waals surface area (Å²) in [5.74, 6) is 1.26. The van der Waals surface area contributed by atoms with Gasteiger partial charge in [-0.15, -0.1) is 10.2 Å². The molecule has 0 spiro atoms. The Morgan fingerprint density at radius 3 is 2.82 bits per heavy atom. The second kappa shape index (κ2) is 4.55. The maximum atomic E-state index is 4.30. The molecule has 1 aromatic carbocycles. The molecular formula is C13H15N3S. The topological polar surface area (TPSA) is 37.8 Å². The first kappa shape index (κ1) is 10.9. The molecule has 4 heteroatoms. The quantitative estimate of drug-likeness (QED) is 0.899. The molecule has 1 aromatic heterocycles. The summed E-state index contributed by atoms with van der Waals surface area (Å²) >= 11 is 1.74. The molecule has 2 atom stereocenters. The second-order valence-corrected chi connectivity index (χ2v) is 5.52. The maximum Gasteiger partial charge on any atom is 0.131 e. The smallest absolute Gasteiger partial charge is 0.131 e. The van der Waals surface area contributed by atoms with E-state index in [1.807, 2.05) is 7.05 Å². The molecule has 1 heterocycles. The van der Waals surface area contributed by atoms with Crippen LogP contribution in [0.25, 0.3) is 0 Å². The van der Waals surface area contributed by atoms with E-state index in [-0.39, 0.29) is 0 Å². The minimum Gasteiger partial charge on any atom is -0.313 e. The van der Waals surface area contributed by atoms with Crippen LogP contribution in [-0.4, -0.2) is 17.2 Å². The molecule has 2 unspecified atom stereocenters. The van der Waals surface area contributed by atoms with Crippen molar-refractivity contribution in [1.82, 2.24) is 15.5 Å². The van der Waals surface area contributed by atoms with Gasteiger partial charge in [-0.05, 0) is 24.9 Å². The molecule has 0 aliphatic heterocycles. The molecule has 3 rings (SSSR count). The molecule has 1 fully saturated rings. The molecule has 1 aliphatic rings. The Balaban J connectivity index is 1.71. The van der Waals surface area contributed by atoms with Crippen molar-refractivity contribution in [3.63, 3.8) is 0 Å². The molecule has 0 amide bonds. The van der Waals surface area contributed by atoms with Crippen LogP contribution in [0.4, 0.5) is 0 Å². The summed E-state index contributed by atoms with van der Waals surface area (Å²) < 4.78 is 0. The molecule has 2 aromatic rings. The van der Waals surface area contributed by atoms with Crippen molar-refractivity contribution in [3.05, 3.63) is 45.9 Å². The van der Waals surface area contributed by atoms with E-state index >= 15 is 0 Å². The number of nitrogens with zero attached hydrogens (tertiary/aromatic N) is 2. The lowest BCUT2D eigenvalue weighted by Gasteiger charge is -1.96. The van der Waals surface area contributed by atoms with Crippen molar-refractivity contribution in [2.75, 3.05) is 7.05 Å². The zero-order valence-electron chi connectivity index (χ0n) is 9.76. The largest absolute Gasteiger partial charge is 0.313 e. The normalized spacial score (nSPS) is 22.6. The van der Waals surface area contributed by atoms with Gasteiger partial charge >= 0.3 is 0 Å². The third-order valence-corrected chi connectivity index (χ3v) is 4.20. The summed E-state index contributed by atoms with van der Waals surface area (Å²) in [5.41, 5.74) is 1.43. The summed E-state index contributed by atoms with van der Waals surface area (Å²) in [6, 6.07) is 10.7. The molecule has 0 bridgehead atoms. The van der Waals surface area contributed by atoms with Gasteiger partial charge in [0.1, 0.15) is 10.0 Å². The van der Waals surface area contributed by atoms with E-state index in [0.717, 1.165) is 11.6 Å². The monoisotopic (exact) mass is 245 g/mol. The first-order valence-electron chi connectivity index (χ1n) is 5.90. The Morgan fingerprint density at radius 2 is 2.06 bits per heavy atom. The van der Waals surface area contributed by atoms with Crippen LogP contribution in [0.3, 0.4) is 0 Å². The SMILES string of the molecule is CNCc1nnc(C2CC2c2ccccc2)s1. The van der Waals surface area contributed by atoms with Gasteiger partial charge in [0.25, 0.3) is 0 Å². The fraction of sp³-hybridized carbons (Fsp3) is 0.385. The molecule has 3 nitrogen and oxygen atoms in total. The van der Waals surface area contributed by atoms with Crippen molar-refractivity contribution in [3.8, 4) is 0 Å². The second-order valence-electron chi connectivity index (χ2n) is 4.42. The van der Waals surface area contributed by atoms with E-state index in [9.17, 15) is 0 Å².